The Kier molecular flexibility index (Phi) is 5.18. The summed E-state index contributed by atoms with van der Waals surface area (Å²) >= 11 is 0. The minimum atomic E-state index is -0.462. The number of hydrogen-bond acceptors (Lipinski definition) is 3. The monoisotopic (exact) mass is 129 g/mol. The van der Waals surface area contributed by atoms with Crippen LogP contribution in [0, 0.1) is 11.3 Å². The first kappa shape index (κ1) is 8.41. The van der Waals surface area contributed by atoms with E-state index < -0.39 is 6.10 Å². The molecule has 0 rings (SSSR count). The van der Waals surface area contributed by atoms with Crippen molar-refractivity contribution in [3.05, 3.63) is 0 Å². The molecule has 0 N–H and O–H groups in total. The van der Waals surface area contributed by atoms with E-state index in [1.54, 1.807) is 6.92 Å². The van der Waals surface area contributed by atoms with Crippen molar-refractivity contribution in [3.63, 3.8) is 0 Å². The van der Waals surface area contributed by atoms with Crippen LogP contribution in [0.2, 0.25) is 0 Å². The predicted octanol–water partition coefficient (Wildman–Crippen LogP) is 1.26. The molecule has 0 saturated heterocycles. The van der Waals surface area contributed by atoms with Gasteiger partial charge in [0.25, 0.3) is 0 Å². The highest BCUT2D eigenvalue weighted by Gasteiger charge is 1.96. The van der Waals surface area contributed by atoms with Crippen LogP contribution in [-0.2, 0) is 9.78 Å². The van der Waals surface area contributed by atoms with Crippen molar-refractivity contribution in [2.45, 2.75) is 26.4 Å². The van der Waals surface area contributed by atoms with E-state index >= 15 is 0 Å². The second-order valence-electron chi connectivity index (χ2n) is 1.69. The molecule has 0 fully saturated rings. The maximum atomic E-state index is 8.18. The van der Waals surface area contributed by atoms with Crippen LogP contribution in [0.25, 0.3) is 0 Å². The summed E-state index contributed by atoms with van der Waals surface area (Å²) in [6.07, 6.45) is 0.439. The summed E-state index contributed by atoms with van der Waals surface area (Å²) in [5, 5.41) is 8.18. The molecule has 0 heterocycles. The van der Waals surface area contributed by atoms with Crippen molar-refractivity contribution >= 4 is 0 Å². The first-order valence-corrected chi connectivity index (χ1v) is 2.99. The Hall–Kier alpha value is -0.590. The van der Waals surface area contributed by atoms with Gasteiger partial charge in [-0.2, -0.15) is 5.26 Å². The van der Waals surface area contributed by atoms with E-state index in [0.29, 0.717) is 6.61 Å². The molecule has 0 aromatic heterocycles. The van der Waals surface area contributed by atoms with Crippen LogP contribution in [0.1, 0.15) is 20.3 Å². The normalized spacial score (nSPS) is 12.6. The SMILES string of the molecule is CCCOOC(C)C#N. The van der Waals surface area contributed by atoms with Gasteiger partial charge in [0, 0.05) is 0 Å². The summed E-state index contributed by atoms with van der Waals surface area (Å²) in [6.45, 7) is 4.15. The number of rotatable bonds is 4. The lowest BCUT2D eigenvalue weighted by Crippen LogP contribution is -2.05. The molecule has 0 aliphatic heterocycles. The minimum Gasteiger partial charge on any atom is -0.235 e. The molecule has 0 aliphatic carbocycles. The highest BCUT2D eigenvalue weighted by Crippen LogP contribution is 1.89. The topological polar surface area (TPSA) is 42.2 Å². The number of hydrogen-bond donors (Lipinski definition) is 0. The fourth-order valence-corrected chi connectivity index (χ4v) is 0.255. The fourth-order valence-electron chi connectivity index (χ4n) is 0.255. The van der Waals surface area contributed by atoms with Crippen molar-refractivity contribution in [3.8, 4) is 6.07 Å². The van der Waals surface area contributed by atoms with Gasteiger partial charge < -0.3 is 0 Å². The Morgan fingerprint density at radius 2 is 2.33 bits per heavy atom. The fraction of sp³-hybridized carbons (Fsp3) is 0.833. The molecule has 52 valence electrons. The van der Waals surface area contributed by atoms with Gasteiger partial charge >= 0.3 is 0 Å². The van der Waals surface area contributed by atoms with Crippen molar-refractivity contribution in [2.24, 2.45) is 0 Å². The molecule has 0 amide bonds. The zero-order valence-electron chi connectivity index (χ0n) is 5.76. The molecule has 1 unspecified atom stereocenters. The molecule has 3 heteroatoms. The lowest BCUT2D eigenvalue weighted by molar-refractivity contribution is -0.308. The molecule has 0 spiro atoms. The van der Waals surface area contributed by atoms with E-state index in [9.17, 15) is 0 Å². The van der Waals surface area contributed by atoms with Gasteiger partial charge in [-0.1, -0.05) is 6.92 Å². The maximum Gasteiger partial charge on any atom is 0.176 e. The molecule has 0 radical (unpaired) electrons. The molecule has 0 bridgehead atoms. The Morgan fingerprint density at radius 3 is 2.78 bits per heavy atom. The van der Waals surface area contributed by atoms with Gasteiger partial charge in [-0.25, -0.2) is 9.78 Å². The Labute approximate surface area is 55.1 Å². The standard InChI is InChI=1S/C6H11NO2/c1-3-4-8-9-6(2)5-7/h6H,3-4H2,1-2H3. The highest BCUT2D eigenvalue weighted by atomic mass is 17.2. The predicted molar refractivity (Wildman–Crippen MR) is 32.4 cm³/mol. The van der Waals surface area contributed by atoms with Crippen LogP contribution in [0.3, 0.4) is 0 Å². The van der Waals surface area contributed by atoms with Crippen LogP contribution in [0.4, 0.5) is 0 Å². The van der Waals surface area contributed by atoms with Crippen molar-refractivity contribution in [1.29, 1.82) is 5.26 Å². The molecule has 0 saturated carbocycles. The van der Waals surface area contributed by atoms with Gasteiger partial charge in [0.2, 0.25) is 0 Å². The van der Waals surface area contributed by atoms with Crippen LogP contribution < -0.4 is 0 Å². The summed E-state index contributed by atoms with van der Waals surface area (Å²) < 4.78 is 0. The van der Waals surface area contributed by atoms with E-state index in [-0.39, 0.29) is 0 Å². The van der Waals surface area contributed by atoms with E-state index in [2.05, 4.69) is 9.78 Å². The molecule has 9 heavy (non-hydrogen) atoms. The van der Waals surface area contributed by atoms with Gasteiger partial charge in [0.05, 0.1) is 12.7 Å². The summed E-state index contributed by atoms with van der Waals surface area (Å²) in [5.74, 6) is 0. The number of nitriles is 1. The second-order valence-corrected chi connectivity index (χ2v) is 1.69. The van der Waals surface area contributed by atoms with Gasteiger partial charge in [-0.05, 0) is 13.3 Å². The third kappa shape index (κ3) is 5.28. The summed E-state index contributed by atoms with van der Waals surface area (Å²) in [7, 11) is 0. The quantitative estimate of drug-likeness (QED) is 0.326. The molecular weight excluding hydrogens is 118 g/mol. The van der Waals surface area contributed by atoms with Gasteiger partial charge in [-0.15, -0.1) is 0 Å². The first-order chi connectivity index (χ1) is 4.31. The summed E-state index contributed by atoms with van der Waals surface area (Å²) in [5.41, 5.74) is 0. The largest absolute Gasteiger partial charge is 0.235 e. The molecule has 3 nitrogen and oxygen atoms in total. The third-order valence-corrected chi connectivity index (χ3v) is 0.682. The smallest absolute Gasteiger partial charge is 0.176 e. The molecule has 0 aliphatic rings. The van der Waals surface area contributed by atoms with Crippen LogP contribution in [0.5, 0.6) is 0 Å². The number of nitrogens with zero attached hydrogens (tertiary/aromatic N) is 1. The lowest BCUT2D eigenvalue weighted by Gasteiger charge is -2.01. The maximum absolute atomic E-state index is 8.18. The van der Waals surface area contributed by atoms with Crippen LogP contribution >= 0.6 is 0 Å². The van der Waals surface area contributed by atoms with E-state index in [4.69, 9.17) is 5.26 Å². The Morgan fingerprint density at radius 1 is 1.67 bits per heavy atom. The highest BCUT2D eigenvalue weighted by molar-refractivity contribution is 4.77. The van der Waals surface area contributed by atoms with E-state index in [1.165, 1.54) is 0 Å². The van der Waals surface area contributed by atoms with Crippen molar-refractivity contribution in [2.75, 3.05) is 6.61 Å². The lowest BCUT2D eigenvalue weighted by atomic mass is 10.5. The minimum absolute atomic E-state index is 0.462. The van der Waals surface area contributed by atoms with Crippen LogP contribution in [-0.4, -0.2) is 12.7 Å². The second kappa shape index (κ2) is 5.54. The van der Waals surface area contributed by atoms with E-state index in [0.717, 1.165) is 6.42 Å². The Balaban J connectivity index is 2.99. The average molecular weight is 129 g/mol. The summed E-state index contributed by atoms with van der Waals surface area (Å²) in [6, 6.07) is 1.88. The third-order valence-electron chi connectivity index (χ3n) is 0.682. The van der Waals surface area contributed by atoms with Crippen molar-refractivity contribution < 1.29 is 9.78 Å². The van der Waals surface area contributed by atoms with Crippen LogP contribution in [0.15, 0.2) is 0 Å². The van der Waals surface area contributed by atoms with Gasteiger partial charge in [0.15, 0.2) is 6.10 Å². The Bertz CT molecular complexity index is 97.7. The van der Waals surface area contributed by atoms with Gasteiger partial charge in [0.1, 0.15) is 0 Å². The van der Waals surface area contributed by atoms with Gasteiger partial charge in [-0.3, -0.25) is 0 Å². The molecule has 0 aromatic carbocycles. The average Bonchev–Trinajstić information content (AvgIpc) is 1.89. The molecule has 0 aromatic rings. The molecular formula is C6H11NO2. The zero-order valence-corrected chi connectivity index (χ0v) is 5.76. The van der Waals surface area contributed by atoms with E-state index in [1.807, 2.05) is 13.0 Å². The molecule has 1 atom stereocenters. The summed E-state index contributed by atoms with van der Waals surface area (Å²) in [4.78, 5) is 9.18. The van der Waals surface area contributed by atoms with Crippen molar-refractivity contribution in [1.82, 2.24) is 0 Å². The zero-order chi connectivity index (χ0) is 7.11. The first-order valence-electron chi connectivity index (χ1n) is 2.99.